The molecular weight excluding hydrogens is 239 g/mol. The molecule has 90 valence electrons. The Labute approximate surface area is 102 Å². The van der Waals surface area contributed by atoms with Gasteiger partial charge in [0.25, 0.3) is 0 Å². The second kappa shape index (κ2) is 6.53. The molecule has 2 aliphatic heterocycles. The van der Waals surface area contributed by atoms with Crippen LogP contribution in [0.5, 0.6) is 0 Å². The summed E-state index contributed by atoms with van der Waals surface area (Å²) in [5, 5.41) is 6.65. The first kappa shape index (κ1) is 15.0. The lowest BCUT2D eigenvalue weighted by atomic mass is 10.1. The summed E-state index contributed by atoms with van der Waals surface area (Å²) < 4.78 is 4.99. The molecule has 0 aromatic heterocycles. The predicted octanol–water partition coefficient (Wildman–Crippen LogP) is 0.485. The molecule has 0 aliphatic carbocycles. The minimum atomic E-state index is -0.126. The third-order valence-electron chi connectivity index (χ3n) is 2.80. The number of esters is 1. The molecule has 0 saturated carbocycles. The number of hydrogen-bond acceptors (Lipinski definition) is 4. The van der Waals surface area contributed by atoms with Crippen LogP contribution in [-0.4, -0.2) is 37.2 Å². The Bertz CT molecular complexity index is 216. The first-order chi connectivity index (χ1) is 6.31. The Morgan fingerprint density at radius 1 is 1.40 bits per heavy atom. The molecule has 0 spiro atoms. The van der Waals surface area contributed by atoms with E-state index in [0.717, 1.165) is 13.0 Å². The summed E-state index contributed by atoms with van der Waals surface area (Å²) in [5.41, 5.74) is 0. The van der Waals surface area contributed by atoms with Crippen LogP contribution in [0.4, 0.5) is 0 Å². The minimum Gasteiger partial charge on any atom is -0.465 e. The predicted molar refractivity (Wildman–Crippen MR) is 62.9 cm³/mol. The number of rotatable bonds is 2. The summed E-state index contributed by atoms with van der Waals surface area (Å²) in [7, 11) is 0. The molecule has 2 fully saturated rings. The van der Waals surface area contributed by atoms with Gasteiger partial charge in [-0.2, -0.15) is 0 Å². The molecule has 4 nitrogen and oxygen atoms in total. The topological polar surface area (TPSA) is 50.4 Å². The third-order valence-corrected chi connectivity index (χ3v) is 2.80. The van der Waals surface area contributed by atoms with Crippen LogP contribution >= 0.6 is 24.8 Å². The van der Waals surface area contributed by atoms with Gasteiger partial charge in [-0.15, -0.1) is 24.8 Å². The Morgan fingerprint density at radius 3 is 2.80 bits per heavy atom. The summed E-state index contributed by atoms with van der Waals surface area (Å²) in [6, 6.07) is 0.729. The summed E-state index contributed by atoms with van der Waals surface area (Å²) in [5.74, 6) is -0.111. The van der Waals surface area contributed by atoms with Crippen LogP contribution in [0, 0.1) is 0 Å². The van der Waals surface area contributed by atoms with Crippen molar-refractivity contribution in [1.29, 1.82) is 0 Å². The molecule has 2 aliphatic rings. The van der Waals surface area contributed by atoms with Gasteiger partial charge >= 0.3 is 5.97 Å². The number of hydrogen-bond donors (Lipinski definition) is 2. The molecule has 0 amide bonds. The number of fused-ring (bicyclic) bond motifs is 2. The van der Waals surface area contributed by atoms with Gasteiger partial charge in [0, 0.05) is 18.6 Å². The fourth-order valence-corrected chi connectivity index (χ4v) is 2.17. The molecule has 2 bridgehead atoms. The van der Waals surface area contributed by atoms with E-state index in [-0.39, 0.29) is 42.9 Å². The quantitative estimate of drug-likeness (QED) is 0.707. The Hall–Kier alpha value is -0.0300. The number of nitrogens with one attached hydrogen (secondary N) is 2. The molecule has 0 aromatic rings. The van der Waals surface area contributed by atoms with E-state index in [0.29, 0.717) is 12.6 Å². The van der Waals surface area contributed by atoms with E-state index >= 15 is 0 Å². The molecule has 2 N–H and O–H groups in total. The second-order valence-electron chi connectivity index (χ2n) is 3.69. The van der Waals surface area contributed by atoms with Crippen molar-refractivity contribution in [2.24, 2.45) is 0 Å². The van der Waals surface area contributed by atoms with Crippen LogP contribution in [0.2, 0.25) is 0 Å². The van der Waals surface area contributed by atoms with Crippen LogP contribution in [0.15, 0.2) is 0 Å². The maximum absolute atomic E-state index is 11.5. The van der Waals surface area contributed by atoms with Gasteiger partial charge in [-0.05, 0) is 19.8 Å². The molecule has 0 aromatic carbocycles. The highest BCUT2D eigenvalue weighted by atomic mass is 35.5. The molecule has 0 radical (unpaired) electrons. The molecule has 2 heterocycles. The van der Waals surface area contributed by atoms with E-state index in [9.17, 15) is 4.79 Å². The SMILES string of the molecule is CCOC(=O)[C@H]1NC[C@H]2CC[C@@H]1N2.Cl.Cl. The first-order valence-electron chi connectivity index (χ1n) is 4.97. The largest absolute Gasteiger partial charge is 0.465 e. The normalized spacial score (nSPS) is 32.5. The lowest BCUT2D eigenvalue weighted by Gasteiger charge is -2.29. The molecule has 15 heavy (non-hydrogen) atoms. The van der Waals surface area contributed by atoms with Crippen LogP contribution in [0.3, 0.4) is 0 Å². The molecule has 6 heteroatoms. The Morgan fingerprint density at radius 2 is 2.13 bits per heavy atom. The zero-order chi connectivity index (χ0) is 9.26. The van der Waals surface area contributed by atoms with Gasteiger partial charge in [-0.3, -0.25) is 4.79 Å². The maximum atomic E-state index is 11.5. The fraction of sp³-hybridized carbons (Fsp3) is 0.889. The summed E-state index contributed by atoms with van der Waals surface area (Å²) in [6.07, 6.45) is 2.26. The third kappa shape index (κ3) is 3.21. The highest BCUT2D eigenvalue weighted by Crippen LogP contribution is 2.19. The Balaban J connectivity index is 0.000000980. The van der Waals surface area contributed by atoms with Crippen LogP contribution in [-0.2, 0) is 9.53 Å². The van der Waals surface area contributed by atoms with E-state index in [1.165, 1.54) is 6.42 Å². The summed E-state index contributed by atoms with van der Waals surface area (Å²) in [4.78, 5) is 11.5. The summed E-state index contributed by atoms with van der Waals surface area (Å²) in [6.45, 7) is 3.19. The zero-order valence-corrected chi connectivity index (χ0v) is 10.3. The maximum Gasteiger partial charge on any atom is 0.324 e. The van der Waals surface area contributed by atoms with E-state index < -0.39 is 0 Å². The van der Waals surface area contributed by atoms with E-state index in [1.54, 1.807) is 0 Å². The van der Waals surface area contributed by atoms with Gasteiger partial charge in [0.2, 0.25) is 0 Å². The standard InChI is InChI=1S/C9H16N2O2.2ClH/c1-2-13-9(12)8-7-4-3-6(11-7)5-10-8;;/h6-8,10-11H,2-5H2,1H3;2*1H/t6-,7+,8+;;/m1../s1. The van der Waals surface area contributed by atoms with Crippen molar-refractivity contribution in [3.8, 4) is 0 Å². The zero-order valence-electron chi connectivity index (χ0n) is 8.69. The van der Waals surface area contributed by atoms with Crippen molar-refractivity contribution in [2.45, 2.75) is 37.9 Å². The minimum absolute atomic E-state index is 0. The van der Waals surface area contributed by atoms with Crippen LogP contribution in [0.1, 0.15) is 19.8 Å². The van der Waals surface area contributed by atoms with Crippen molar-refractivity contribution < 1.29 is 9.53 Å². The smallest absolute Gasteiger partial charge is 0.324 e. The van der Waals surface area contributed by atoms with Gasteiger partial charge in [0.15, 0.2) is 0 Å². The van der Waals surface area contributed by atoms with Crippen LogP contribution in [0.25, 0.3) is 0 Å². The van der Waals surface area contributed by atoms with Gasteiger partial charge in [-0.25, -0.2) is 0 Å². The highest BCUT2D eigenvalue weighted by Gasteiger charge is 2.39. The molecule has 2 saturated heterocycles. The van der Waals surface area contributed by atoms with Crippen molar-refractivity contribution in [3.05, 3.63) is 0 Å². The van der Waals surface area contributed by atoms with Crippen molar-refractivity contribution >= 4 is 30.8 Å². The van der Waals surface area contributed by atoms with Gasteiger partial charge in [-0.1, -0.05) is 0 Å². The molecular formula is C9H18Cl2N2O2. The van der Waals surface area contributed by atoms with Gasteiger partial charge < -0.3 is 15.4 Å². The van der Waals surface area contributed by atoms with Gasteiger partial charge in [0.05, 0.1) is 6.61 Å². The molecule has 3 atom stereocenters. The number of piperazine rings is 1. The second-order valence-corrected chi connectivity index (χ2v) is 3.69. The average Bonchev–Trinajstić information content (AvgIpc) is 2.48. The van der Waals surface area contributed by atoms with Crippen molar-refractivity contribution in [3.63, 3.8) is 0 Å². The van der Waals surface area contributed by atoms with Crippen LogP contribution < -0.4 is 10.6 Å². The molecule has 2 rings (SSSR count). The van der Waals surface area contributed by atoms with Crippen molar-refractivity contribution in [1.82, 2.24) is 10.6 Å². The first-order valence-corrected chi connectivity index (χ1v) is 4.97. The fourth-order valence-electron chi connectivity index (χ4n) is 2.17. The highest BCUT2D eigenvalue weighted by molar-refractivity contribution is 5.85. The van der Waals surface area contributed by atoms with E-state index in [2.05, 4.69) is 10.6 Å². The number of ether oxygens (including phenoxy) is 1. The number of carbonyl (C=O) groups excluding carboxylic acids is 1. The summed E-state index contributed by atoms with van der Waals surface area (Å²) >= 11 is 0. The van der Waals surface area contributed by atoms with Gasteiger partial charge in [0.1, 0.15) is 6.04 Å². The van der Waals surface area contributed by atoms with Crippen molar-refractivity contribution in [2.75, 3.05) is 13.2 Å². The van der Waals surface area contributed by atoms with E-state index in [1.807, 2.05) is 6.92 Å². The lowest BCUT2D eigenvalue weighted by molar-refractivity contribution is -0.146. The van der Waals surface area contributed by atoms with E-state index in [4.69, 9.17) is 4.74 Å². The number of carbonyl (C=O) groups is 1. The molecule has 0 unspecified atom stereocenters. The Kier molecular flexibility index (Phi) is 6.52. The number of halogens is 2. The monoisotopic (exact) mass is 256 g/mol. The lowest BCUT2D eigenvalue weighted by Crippen LogP contribution is -2.59. The average molecular weight is 257 g/mol.